The van der Waals surface area contributed by atoms with Crippen molar-refractivity contribution in [2.75, 3.05) is 19.8 Å². The van der Waals surface area contributed by atoms with Crippen molar-refractivity contribution >= 4 is 11.9 Å². The summed E-state index contributed by atoms with van der Waals surface area (Å²) in [6.07, 6.45) is 0. The minimum absolute atomic E-state index is 0.0263. The molecule has 0 aliphatic carbocycles. The van der Waals surface area contributed by atoms with Crippen molar-refractivity contribution in [3.8, 4) is 5.75 Å². The van der Waals surface area contributed by atoms with Crippen molar-refractivity contribution in [1.82, 2.24) is 5.32 Å². The first-order chi connectivity index (χ1) is 11.6. The summed E-state index contributed by atoms with van der Waals surface area (Å²) in [4.78, 5) is 23.4. The number of aryl methyl sites for hydroxylation is 1. The maximum Gasteiger partial charge on any atom is 0.325 e. The fourth-order valence-corrected chi connectivity index (χ4v) is 1.96. The Balaban J connectivity index is 1.66. The lowest BCUT2D eigenvalue weighted by atomic mass is 10.1. The zero-order chi connectivity index (χ0) is 17.4. The number of rotatable bonds is 7. The Bertz CT molecular complexity index is 718. The summed E-state index contributed by atoms with van der Waals surface area (Å²) in [5, 5.41) is 2.48. The average molecular weight is 331 g/mol. The highest BCUT2D eigenvalue weighted by Gasteiger charge is 2.09. The average Bonchev–Trinajstić information content (AvgIpc) is 2.58. The molecule has 0 aromatic heterocycles. The van der Waals surface area contributed by atoms with Gasteiger partial charge in [-0.3, -0.25) is 9.59 Å². The number of hydrogen-bond acceptors (Lipinski definition) is 4. The SMILES string of the molecule is Cc1cccc(C(=O)NCC(=O)OCCOc2ccccc2F)c1. The van der Waals surface area contributed by atoms with Gasteiger partial charge in [0.25, 0.3) is 5.91 Å². The molecule has 0 heterocycles. The van der Waals surface area contributed by atoms with Gasteiger partial charge < -0.3 is 14.8 Å². The molecular formula is C18H18FNO4. The fourth-order valence-electron chi connectivity index (χ4n) is 1.96. The van der Waals surface area contributed by atoms with Gasteiger partial charge in [-0.05, 0) is 31.2 Å². The van der Waals surface area contributed by atoms with Gasteiger partial charge in [0, 0.05) is 5.56 Å². The molecule has 0 fully saturated rings. The first-order valence-corrected chi connectivity index (χ1v) is 7.44. The number of esters is 1. The number of carbonyl (C=O) groups excluding carboxylic acids is 2. The van der Waals surface area contributed by atoms with Crippen LogP contribution in [0.15, 0.2) is 48.5 Å². The normalized spacial score (nSPS) is 10.1. The molecule has 6 heteroatoms. The van der Waals surface area contributed by atoms with E-state index in [1.807, 2.05) is 13.0 Å². The number of carbonyl (C=O) groups is 2. The van der Waals surface area contributed by atoms with Crippen LogP contribution in [0.4, 0.5) is 4.39 Å². The van der Waals surface area contributed by atoms with Gasteiger partial charge in [0.2, 0.25) is 0 Å². The Kier molecular flexibility index (Phi) is 6.31. The molecular weight excluding hydrogens is 313 g/mol. The standard InChI is InChI=1S/C18H18FNO4/c1-13-5-4-6-14(11-13)18(22)20-12-17(21)24-10-9-23-16-8-3-2-7-15(16)19/h2-8,11H,9-10,12H2,1H3,(H,20,22). The van der Waals surface area contributed by atoms with Crippen LogP contribution in [-0.4, -0.2) is 31.6 Å². The summed E-state index contributed by atoms with van der Waals surface area (Å²) in [5.74, 6) is -1.32. The van der Waals surface area contributed by atoms with Gasteiger partial charge in [0.15, 0.2) is 11.6 Å². The lowest BCUT2D eigenvalue weighted by Gasteiger charge is -2.09. The number of halogens is 1. The van der Waals surface area contributed by atoms with Crippen LogP contribution in [0.2, 0.25) is 0 Å². The molecule has 0 bridgehead atoms. The van der Waals surface area contributed by atoms with Crippen molar-refractivity contribution in [2.45, 2.75) is 6.92 Å². The zero-order valence-corrected chi connectivity index (χ0v) is 13.3. The van der Waals surface area contributed by atoms with Crippen LogP contribution in [0, 0.1) is 12.7 Å². The van der Waals surface area contributed by atoms with Gasteiger partial charge in [-0.25, -0.2) is 4.39 Å². The van der Waals surface area contributed by atoms with E-state index in [0.29, 0.717) is 5.56 Å². The molecule has 0 unspecified atom stereocenters. The van der Waals surface area contributed by atoms with Crippen molar-refractivity contribution in [3.05, 3.63) is 65.5 Å². The molecule has 1 amide bonds. The monoisotopic (exact) mass is 331 g/mol. The van der Waals surface area contributed by atoms with Gasteiger partial charge in [-0.15, -0.1) is 0 Å². The smallest absolute Gasteiger partial charge is 0.325 e. The van der Waals surface area contributed by atoms with Crippen molar-refractivity contribution in [1.29, 1.82) is 0 Å². The van der Waals surface area contributed by atoms with E-state index in [1.54, 1.807) is 30.3 Å². The molecule has 0 aliphatic heterocycles. The van der Waals surface area contributed by atoms with E-state index in [-0.39, 0.29) is 31.4 Å². The topological polar surface area (TPSA) is 64.6 Å². The lowest BCUT2D eigenvalue weighted by Crippen LogP contribution is -2.31. The molecule has 24 heavy (non-hydrogen) atoms. The van der Waals surface area contributed by atoms with Crippen LogP contribution in [0.1, 0.15) is 15.9 Å². The molecule has 2 aromatic carbocycles. The van der Waals surface area contributed by atoms with Crippen LogP contribution in [0.5, 0.6) is 5.75 Å². The summed E-state index contributed by atoms with van der Waals surface area (Å²) in [5.41, 5.74) is 1.43. The molecule has 126 valence electrons. The number of amides is 1. The second kappa shape index (κ2) is 8.67. The largest absolute Gasteiger partial charge is 0.487 e. The minimum Gasteiger partial charge on any atom is -0.487 e. The van der Waals surface area contributed by atoms with E-state index in [4.69, 9.17) is 9.47 Å². The van der Waals surface area contributed by atoms with E-state index >= 15 is 0 Å². The minimum atomic E-state index is -0.590. The molecule has 0 aliphatic rings. The maximum atomic E-state index is 13.3. The molecule has 5 nitrogen and oxygen atoms in total. The van der Waals surface area contributed by atoms with Gasteiger partial charge in [0.1, 0.15) is 19.8 Å². The number of benzene rings is 2. The second-order valence-electron chi connectivity index (χ2n) is 5.05. The molecule has 2 aromatic rings. The Morgan fingerprint density at radius 2 is 1.88 bits per heavy atom. The maximum absolute atomic E-state index is 13.3. The van der Waals surface area contributed by atoms with Gasteiger partial charge >= 0.3 is 5.97 Å². The Hall–Kier alpha value is -2.89. The van der Waals surface area contributed by atoms with E-state index in [1.165, 1.54) is 12.1 Å². The molecule has 1 N–H and O–H groups in total. The third kappa shape index (κ3) is 5.39. The quantitative estimate of drug-likeness (QED) is 0.625. The third-order valence-electron chi connectivity index (χ3n) is 3.11. The first-order valence-electron chi connectivity index (χ1n) is 7.44. The zero-order valence-electron chi connectivity index (χ0n) is 13.3. The number of hydrogen-bond donors (Lipinski definition) is 1. The van der Waals surface area contributed by atoms with Crippen LogP contribution in [0.25, 0.3) is 0 Å². The van der Waals surface area contributed by atoms with Gasteiger partial charge in [-0.2, -0.15) is 0 Å². The van der Waals surface area contributed by atoms with Crippen LogP contribution >= 0.6 is 0 Å². The molecule has 0 saturated heterocycles. The Morgan fingerprint density at radius 3 is 2.62 bits per heavy atom. The van der Waals surface area contributed by atoms with Crippen LogP contribution < -0.4 is 10.1 Å². The summed E-state index contributed by atoms with van der Waals surface area (Å²) in [6, 6.07) is 13.0. The Labute approximate surface area is 139 Å². The predicted molar refractivity (Wildman–Crippen MR) is 86.4 cm³/mol. The number of nitrogens with one attached hydrogen (secondary N) is 1. The highest BCUT2D eigenvalue weighted by Crippen LogP contribution is 2.14. The van der Waals surface area contributed by atoms with Gasteiger partial charge in [0.05, 0.1) is 0 Å². The highest BCUT2D eigenvalue weighted by molar-refractivity contribution is 5.96. The Morgan fingerprint density at radius 1 is 1.08 bits per heavy atom. The fraction of sp³-hybridized carbons (Fsp3) is 0.222. The summed E-state index contributed by atoms with van der Waals surface area (Å²) in [7, 11) is 0. The van der Waals surface area contributed by atoms with Crippen LogP contribution in [0.3, 0.4) is 0 Å². The molecule has 0 atom stereocenters. The molecule has 2 rings (SSSR count). The summed E-state index contributed by atoms with van der Waals surface area (Å²) < 4.78 is 23.4. The number of para-hydroxylation sites is 1. The van der Waals surface area contributed by atoms with Gasteiger partial charge in [-0.1, -0.05) is 29.8 Å². The van der Waals surface area contributed by atoms with Crippen molar-refractivity contribution in [3.63, 3.8) is 0 Å². The lowest BCUT2D eigenvalue weighted by molar-refractivity contribution is -0.143. The number of ether oxygens (including phenoxy) is 2. The van der Waals surface area contributed by atoms with E-state index in [2.05, 4.69) is 5.32 Å². The first kappa shape index (κ1) is 17.5. The second-order valence-corrected chi connectivity index (χ2v) is 5.05. The summed E-state index contributed by atoms with van der Waals surface area (Å²) in [6.45, 7) is 1.62. The molecule has 0 radical (unpaired) electrons. The van der Waals surface area contributed by atoms with Crippen molar-refractivity contribution in [2.24, 2.45) is 0 Å². The molecule has 0 spiro atoms. The summed E-state index contributed by atoms with van der Waals surface area (Å²) >= 11 is 0. The third-order valence-corrected chi connectivity index (χ3v) is 3.11. The van der Waals surface area contributed by atoms with Crippen molar-refractivity contribution < 1.29 is 23.5 Å². The van der Waals surface area contributed by atoms with E-state index in [0.717, 1.165) is 5.56 Å². The van der Waals surface area contributed by atoms with Crippen LogP contribution in [-0.2, 0) is 9.53 Å². The van der Waals surface area contributed by atoms with E-state index < -0.39 is 11.8 Å². The predicted octanol–water partition coefficient (Wildman–Crippen LogP) is 2.49. The highest BCUT2D eigenvalue weighted by atomic mass is 19.1. The molecule has 0 saturated carbocycles. The van der Waals surface area contributed by atoms with E-state index in [9.17, 15) is 14.0 Å².